The molecule has 3 rings (SSSR count). The van der Waals surface area contributed by atoms with Gasteiger partial charge >= 0.3 is 0 Å². The van der Waals surface area contributed by atoms with Crippen LogP contribution in [0.4, 0.5) is 4.39 Å². The van der Waals surface area contributed by atoms with Crippen molar-refractivity contribution >= 4 is 11.3 Å². The standard InChI is InChI=1S/C17H21FN2OS/c18-15-8-4-3-7-14(15)16(21)11-19-9-13-10-20-17(22-13)12-5-1-2-6-12/h3-4,7-8,10,12,16,19,21H,1-2,5-6,9,11H2. The molecule has 0 aliphatic heterocycles. The van der Waals surface area contributed by atoms with Crippen molar-refractivity contribution in [3.05, 3.63) is 51.7 Å². The van der Waals surface area contributed by atoms with Crippen LogP contribution in [-0.4, -0.2) is 16.6 Å². The SMILES string of the molecule is OC(CNCc1cnc(C2CCCC2)s1)c1ccccc1F. The quantitative estimate of drug-likeness (QED) is 0.852. The van der Waals surface area contributed by atoms with Gasteiger partial charge < -0.3 is 10.4 Å². The molecular formula is C17H21FN2OS. The van der Waals surface area contributed by atoms with Crippen molar-refractivity contribution in [2.75, 3.05) is 6.54 Å². The van der Waals surface area contributed by atoms with Gasteiger partial charge in [-0.05, 0) is 18.9 Å². The van der Waals surface area contributed by atoms with E-state index in [1.807, 2.05) is 6.20 Å². The van der Waals surface area contributed by atoms with Gasteiger partial charge in [0.15, 0.2) is 0 Å². The summed E-state index contributed by atoms with van der Waals surface area (Å²) >= 11 is 1.75. The van der Waals surface area contributed by atoms with Crippen LogP contribution in [0, 0.1) is 5.82 Å². The fraction of sp³-hybridized carbons (Fsp3) is 0.471. The van der Waals surface area contributed by atoms with Crippen LogP contribution >= 0.6 is 11.3 Å². The van der Waals surface area contributed by atoms with E-state index in [0.29, 0.717) is 24.6 Å². The number of hydrogen-bond donors (Lipinski definition) is 2. The smallest absolute Gasteiger partial charge is 0.129 e. The Morgan fingerprint density at radius 2 is 2.09 bits per heavy atom. The first-order valence-electron chi connectivity index (χ1n) is 7.82. The summed E-state index contributed by atoms with van der Waals surface area (Å²) in [6.45, 7) is 0.994. The average Bonchev–Trinajstić information content (AvgIpc) is 3.18. The maximum atomic E-state index is 13.6. The number of aromatic nitrogens is 1. The van der Waals surface area contributed by atoms with Crippen LogP contribution in [0.15, 0.2) is 30.5 Å². The van der Waals surface area contributed by atoms with Gasteiger partial charge in [-0.3, -0.25) is 0 Å². The van der Waals surface area contributed by atoms with Crippen LogP contribution in [0.1, 0.15) is 53.2 Å². The summed E-state index contributed by atoms with van der Waals surface area (Å²) in [7, 11) is 0. The Kier molecular flexibility index (Phi) is 5.18. The molecule has 5 heteroatoms. The van der Waals surface area contributed by atoms with Gasteiger partial charge in [0.25, 0.3) is 0 Å². The summed E-state index contributed by atoms with van der Waals surface area (Å²) in [5.41, 5.74) is 0.339. The molecule has 0 bridgehead atoms. The summed E-state index contributed by atoms with van der Waals surface area (Å²) in [6, 6.07) is 6.35. The lowest BCUT2D eigenvalue weighted by Crippen LogP contribution is -2.21. The molecular weight excluding hydrogens is 299 g/mol. The van der Waals surface area contributed by atoms with Crippen molar-refractivity contribution in [1.29, 1.82) is 0 Å². The zero-order chi connectivity index (χ0) is 15.4. The van der Waals surface area contributed by atoms with Crippen LogP contribution in [0.25, 0.3) is 0 Å². The topological polar surface area (TPSA) is 45.1 Å². The van der Waals surface area contributed by atoms with Crippen molar-refractivity contribution in [2.45, 2.75) is 44.2 Å². The van der Waals surface area contributed by atoms with Gasteiger partial charge in [-0.2, -0.15) is 0 Å². The second-order valence-electron chi connectivity index (χ2n) is 5.81. The van der Waals surface area contributed by atoms with Crippen molar-refractivity contribution in [3.63, 3.8) is 0 Å². The molecule has 1 aromatic carbocycles. The Morgan fingerprint density at radius 3 is 2.86 bits per heavy atom. The molecule has 2 N–H and O–H groups in total. The molecule has 1 saturated carbocycles. The molecule has 1 unspecified atom stereocenters. The molecule has 1 aromatic heterocycles. The minimum absolute atomic E-state index is 0.331. The number of thiazole rings is 1. The first-order chi connectivity index (χ1) is 10.7. The molecule has 1 fully saturated rings. The maximum Gasteiger partial charge on any atom is 0.129 e. The van der Waals surface area contributed by atoms with Gasteiger partial charge in [0.05, 0.1) is 11.1 Å². The molecule has 3 nitrogen and oxygen atoms in total. The first-order valence-corrected chi connectivity index (χ1v) is 8.63. The Balaban J connectivity index is 1.49. The number of nitrogens with one attached hydrogen (secondary N) is 1. The number of aliphatic hydroxyl groups excluding tert-OH is 1. The van der Waals surface area contributed by atoms with Crippen molar-refractivity contribution in [1.82, 2.24) is 10.3 Å². The van der Waals surface area contributed by atoms with E-state index in [-0.39, 0.29) is 5.82 Å². The Bertz CT molecular complexity index is 610. The summed E-state index contributed by atoms with van der Waals surface area (Å²) in [4.78, 5) is 5.69. The molecule has 2 aromatic rings. The van der Waals surface area contributed by atoms with E-state index in [0.717, 1.165) is 0 Å². The number of halogens is 1. The highest BCUT2D eigenvalue weighted by Gasteiger charge is 2.20. The van der Waals surface area contributed by atoms with Gasteiger partial charge in [0.1, 0.15) is 5.82 Å². The highest BCUT2D eigenvalue weighted by Crippen LogP contribution is 2.36. The highest BCUT2D eigenvalue weighted by atomic mass is 32.1. The predicted octanol–water partition coefficient (Wildman–Crippen LogP) is 3.76. The molecule has 0 radical (unpaired) electrons. The van der Waals surface area contributed by atoms with E-state index < -0.39 is 6.10 Å². The maximum absolute atomic E-state index is 13.6. The second kappa shape index (κ2) is 7.31. The van der Waals surface area contributed by atoms with Crippen LogP contribution in [0.5, 0.6) is 0 Å². The molecule has 118 valence electrons. The zero-order valence-corrected chi connectivity index (χ0v) is 13.3. The molecule has 1 aliphatic carbocycles. The largest absolute Gasteiger partial charge is 0.387 e. The van der Waals surface area contributed by atoms with Crippen LogP contribution in [-0.2, 0) is 6.54 Å². The minimum Gasteiger partial charge on any atom is -0.387 e. The lowest BCUT2D eigenvalue weighted by molar-refractivity contribution is 0.170. The Labute approximate surface area is 134 Å². The number of nitrogens with zero attached hydrogens (tertiary/aromatic N) is 1. The third-order valence-corrected chi connectivity index (χ3v) is 5.34. The van der Waals surface area contributed by atoms with Gasteiger partial charge in [0.2, 0.25) is 0 Å². The molecule has 0 amide bonds. The van der Waals surface area contributed by atoms with Crippen molar-refractivity contribution < 1.29 is 9.50 Å². The van der Waals surface area contributed by atoms with Crippen molar-refractivity contribution in [2.24, 2.45) is 0 Å². The predicted molar refractivity (Wildman–Crippen MR) is 86.4 cm³/mol. The molecule has 22 heavy (non-hydrogen) atoms. The van der Waals surface area contributed by atoms with Crippen molar-refractivity contribution in [3.8, 4) is 0 Å². The van der Waals surface area contributed by atoms with E-state index in [1.165, 1.54) is 41.6 Å². The monoisotopic (exact) mass is 320 g/mol. The number of aliphatic hydroxyl groups is 1. The normalized spacial score (nSPS) is 17.0. The van der Waals surface area contributed by atoms with Crippen LogP contribution in [0.2, 0.25) is 0 Å². The lowest BCUT2D eigenvalue weighted by Gasteiger charge is -2.12. The van der Waals surface area contributed by atoms with Gasteiger partial charge in [0, 0.05) is 35.6 Å². The third-order valence-electron chi connectivity index (χ3n) is 4.18. The second-order valence-corrected chi connectivity index (χ2v) is 6.96. The summed E-state index contributed by atoms with van der Waals surface area (Å²) in [6.07, 6.45) is 6.22. The molecule has 0 spiro atoms. The highest BCUT2D eigenvalue weighted by molar-refractivity contribution is 7.11. The van der Waals surface area contributed by atoms with Gasteiger partial charge in [-0.1, -0.05) is 31.0 Å². The molecule has 1 atom stereocenters. The Hall–Kier alpha value is -1.30. The average molecular weight is 320 g/mol. The summed E-state index contributed by atoms with van der Waals surface area (Å²) in [5.74, 6) is 0.279. The van der Waals surface area contributed by atoms with Crippen LogP contribution in [0.3, 0.4) is 0 Å². The Morgan fingerprint density at radius 1 is 1.32 bits per heavy atom. The molecule has 0 saturated heterocycles. The summed E-state index contributed by atoms with van der Waals surface area (Å²) < 4.78 is 13.6. The number of rotatable bonds is 6. The fourth-order valence-corrected chi connectivity index (χ4v) is 4.01. The van der Waals surface area contributed by atoms with Gasteiger partial charge in [-0.25, -0.2) is 9.37 Å². The van der Waals surface area contributed by atoms with Crippen LogP contribution < -0.4 is 5.32 Å². The summed E-state index contributed by atoms with van der Waals surface area (Å²) in [5, 5.41) is 14.5. The number of hydrogen-bond acceptors (Lipinski definition) is 4. The minimum atomic E-state index is -0.830. The lowest BCUT2D eigenvalue weighted by atomic mass is 10.1. The van der Waals surface area contributed by atoms with E-state index in [2.05, 4.69) is 10.3 Å². The third kappa shape index (κ3) is 3.72. The van der Waals surface area contributed by atoms with Gasteiger partial charge in [-0.15, -0.1) is 11.3 Å². The molecule has 1 heterocycles. The zero-order valence-electron chi connectivity index (χ0n) is 12.5. The van der Waals surface area contributed by atoms with E-state index in [9.17, 15) is 9.50 Å². The first kappa shape index (κ1) is 15.6. The van der Waals surface area contributed by atoms with E-state index in [4.69, 9.17) is 0 Å². The van der Waals surface area contributed by atoms with E-state index in [1.54, 1.807) is 29.5 Å². The molecule has 1 aliphatic rings. The number of benzene rings is 1. The fourth-order valence-electron chi connectivity index (χ4n) is 2.95. The van der Waals surface area contributed by atoms with E-state index >= 15 is 0 Å².